The van der Waals surface area contributed by atoms with Crippen molar-refractivity contribution in [1.82, 2.24) is 0 Å². The van der Waals surface area contributed by atoms with Gasteiger partial charge in [-0.15, -0.1) is 0 Å². The third-order valence-corrected chi connectivity index (χ3v) is 11.8. The molecule has 1 fully saturated rings. The number of aliphatic hydroxyl groups excluding tert-OH is 2. The molecule has 12 heteroatoms. The summed E-state index contributed by atoms with van der Waals surface area (Å²) < 4.78 is 28.2. The Balaban J connectivity index is 2.73. The lowest BCUT2D eigenvalue weighted by atomic mass is 9.98. The van der Waals surface area contributed by atoms with Gasteiger partial charge in [0.1, 0.15) is 18.8 Å². The van der Waals surface area contributed by atoms with Crippen LogP contribution >= 0.6 is 0 Å². The van der Waals surface area contributed by atoms with E-state index in [-0.39, 0.29) is 25.9 Å². The zero-order chi connectivity index (χ0) is 53.3. The standard InChI is InChI=1S/C61H96O12/c1-4-7-10-13-16-19-21-23-25-27-29-31-33-36-38-41-44-47-53(62)69-50-52(71-54(63)48-45-42-39-35-18-15-12-9-6-3)51-70-61-59(57(66)56(65)58(73-61)60(67)68)72-55(64)49-46-43-40-37-34-32-30-28-26-24-22-20-17-14-11-8-5-2/h7-8,10-11,16-17,19-20,23-26,29-32,37,40,52,56-59,61,65-66H,4-6,9,12-15,18,21-22,27-28,33-36,38-39,41-51H2,1-3H3,(H,67,68)/b10-7-,11-8-,19-16-,20-17-,25-23-,26-24-,31-29-,32-30-,40-37-. The number of aliphatic carboxylic acids is 1. The summed E-state index contributed by atoms with van der Waals surface area (Å²) in [5.41, 5.74) is 0. The Labute approximate surface area is 440 Å². The van der Waals surface area contributed by atoms with Crippen LogP contribution < -0.4 is 0 Å². The van der Waals surface area contributed by atoms with Crippen molar-refractivity contribution in [3.63, 3.8) is 0 Å². The molecule has 1 saturated heterocycles. The number of esters is 3. The fourth-order valence-corrected chi connectivity index (χ4v) is 7.63. The molecule has 0 aromatic heterocycles. The second-order valence-electron chi connectivity index (χ2n) is 18.5. The number of carbonyl (C=O) groups excluding carboxylic acids is 3. The van der Waals surface area contributed by atoms with Gasteiger partial charge < -0.3 is 39.0 Å². The molecule has 1 aliphatic rings. The lowest BCUT2D eigenvalue weighted by Crippen LogP contribution is -2.61. The molecular weight excluding hydrogens is 925 g/mol. The minimum Gasteiger partial charge on any atom is -0.479 e. The lowest BCUT2D eigenvalue weighted by Gasteiger charge is -2.40. The molecular formula is C61H96O12. The fraction of sp³-hybridized carbons (Fsp3) is 0.639. The van der Waals surface area contributed by atoms with Crippen molar-refractivity contribution in [3.8, 4) is 0 Å². The molecule has 3 N–H and O–H groups in total. The van der Waals surface area contributed by atoms with Gasteiger partial charge >= 0.3 is 23.9 Å². The van der Waals surface area contributed by atoms with E-state index in [0.29, 0.717) is 25.7 Å². The normalized spacial score (nSPS) is 19.2. The topological polar surface area (TPSA) is 175 Å². The highest BCUT2D eigenvalue weighted by molar-refractivity contribution is 5.74. The van der Waals surface area contributed by atoms with Crippen molar-refractivity contribution in [1.29, 1.82) is 0 Å². The van der Waals surface area contributed by atoms with E-state index < -0.39 is 67.3 Å². The minimum absolute atomic E-state index is 0.0248. The lowest BCUT2D eigenvalue weighted by molar-refractivity contribution is -0.301. The maximum Gasteiger partial charge on any atom is 0.335 e. The van der Waals surface area contributed by atoms with Gasteiger partial charge in [-0.3, -0.25) is 14.4 Å². The van der Waals surface area contributed by atoms with Crippen molar-refractivity contribution in [2.24, 2.45) is 0 Å². The second kappa shape index (κ2) is 48.3. The highest BCUT2D eigenvalue weighted by Gasteiger charge is 2.50. The van der Waals surface area contributed by atoms with Gasteiger partial charge in [0.2, 0.25) is 0 Å². The molecule has 6 atom stereocenters. The Hall–Kier alpha value is -4.62. The number of ether oxygens (including phenoxy) is 5. The van der Waals surface area contributed by atoms with Gasteiger partial charge in [0, 0.05) is 19.3 Å². The van der Waals surface area contributed by atoms with Gasteiger partial charge in [-0.2, -0.15) is 0 Å². The van der Waals surface area contributed by atoms with Crippen LogP contribution in [0.25, 0.3) is 0 Å². The Morgan fingerprint density at radius 1 is 0.466 bits per heavy atom. The summed E-state index contributed by atoms with van der Waals surface area (Å²) in [4.78, 5) is 50.9. The summed E-state index contributed by atoms with van der Waals surface area (Å²) in [5, 5.41) is 31.4. The van der Waals surface area contributed by atoms with Crippen LogP contribution in [0.3, 0.4) is 0 Å². The van der Waals surface area contributed by atoms with Gasteiger partial charge in [-0.05, 0) is 96.3 Å². The molecule has 1 heterocycles. The van der Waals surface area contributed by atoms with Gasteiger partial charge in [0.15, 0.2) is 24.6 Å². The summed E-state index contributed by atoms with van der Waals surface area (Å²) in [6.07, 6.45) is 52.2. The van der Waals surface area contributed by atoms with Crippen LogP contribution in [0.5, 0.6) is 0 Å². The van der Waals surface area contributed by atoms with E-state index in [2.05, 4.69) is 118 Å². The molecule has 1 rings (SSSR count). The van der Waals surface area contributed by atoms with Crippen molar-refractivity contribution in [2.45, 2.75) is 237 Å². The number of rotatable bonds is 45. The summed E-state index contributed by atoms with van der Waals surface area (Å²) >= 11 is 0. The molecule has 0 aliphatic carbocycles. The maximum absolute atomic E-state index is 13.0. The first-order chi connectivity index (χ1) is 35.6. The van der Waals surface area contributed by atoms with E-state index in [1.165, 1.54) is 32.1 Å². The zero-order valence-electron chi connectivity index (χ0n) is 45.1. The number of carbonyl (C=O) groups is 4. The largest absolute Gasteiger partial charge is 0.479 e. The molecule has 0 bridgehead atoms. The van der Waals surface area contributed by atoms with Crippen LogP contribution in [0, 0.1) is 0 Å². The van der Waals surface area contributed by atoms with E-state index >= 15 is 0 Å². The first-order valence-corrected chi connectivity index (χ1v) is 27.9. The fourth-order valence-electron chi connectivity index (χ4n) is 7.63. The van der Waals surface area contributed by atoms with Crippen molar-refractivity contribution in [3.05, 3.63) is 109 Å². The number of carboxylic acid groups (broad SMARTS) is 1. The highest BCUT2D eigenvalue weighted by Crippen LogP contribution is 2.26. The molecule has 0 aromatic rings. The van der Waals surface area contributed by atoms with Gasteiger partial charge in [0.05, 0.1) is 6.61 Å². The van der Waals surface area contributed by atoms with Crippen LogP contribution in [-0.4, -0.2) is 89.2 Å². The molecule has 412 valence electrons. The third kappa shape index (κ3) is 38.6. The number of carboxylic acids is 1. The summed E-state index contributed by atoms with van der Waals surface area (Å²) in [6, 6.07) is 0. The van der Waals surface area contributed by atoms with E-state index in [9.17, 15) is 34.5 Å². The average Bonchev–Trinajstić information content (AvgIpc) is 3.37. The van der Waals surface area contributed by atoms with E-state index in [4.69, 9.17) is 23.7 Å². The van der Waals surface area contributed by atoms with Gasteiger partial charge in [-0.1, -0.05) is 194 Å². The SMILES string of the molecule is CC/C=C\C/C=C\C/C=C\C/C=C\C/C=C\CCCC(=O)OC1C(OCC(COC(=O)CCCCCC/C=C\C/C=C\C/C=C\C/C=C\CC)OC(=O)CCCCCCCCCCC)OC(C(=O)O)C(O)C1O. The Morgan fingerprint density at radius 2 is 0.877 bits per heavy atom. The molecule has 0 aromatic carbocycles. The zero-order valence-corrected chi connectivity index (χ0v) is 45.1. The van der Waals surface area contributed by atoms with Crippen LogP contribution in [0.1, 0.15) is 201 Å². The maximum atomic E-state index is 13.0. The van der Waals surface area contributed by atoms with Gasteiger partial charge in [0.25, 0.3) is 0 Å². The number of unbranched alkanes of at least 4 members (excludes halogenated alkanes) is 13. The van der Waals surface area contributed by atoms with E-state index in [0.717, 1.165) is 103 Å². The van der Waals surface area contributed by atoms with E-state index in [1.54, 1.807) is 0 Å². The Bertz CT molecular complexity index is 1690. The average molecular weight is 1020 g/mol. The van der Waals surface area contributed by atoms with Crippen LogP contribution in [0.2, 0.25) is 0 Å². The van der Waals surface area contributed by atoms with Crippen molar-refractivity contribution >= 4 is 23.9 Å². The number of hydrogen-bond donors (Lipinski definition) is 3. The van der Waals surface area contributed by atoms with Gasteiger partial charge in [-0.25, -0.2) is 4.79 Å². The first kappa shape index (κ1) is 66.4. The predicted octanol–water partition coefficient (Wildman–Crippen LogP) is 13.9. The number of hydrogen-bond acceptors (Lipinski definition) is 11. The Kier molecular flexibility index (Phi) is 44.0. The molecule has 0 amide bonds. The first-order valence-electron chi connectivity index (χ1n) is 27.9. The molecule has 0 spiro atoms. The molecule has 12 nitrogen and oxygen atoms in total. The van der Waals surface area contributed by atoms with E-state index in [1.807, 2.05) is 12.2 Å². The molecule has 6 unspecified atom stereocenters. The monoisotopic (exact) mass is 1020 g/mol. The quantitative estimate of drug-likeness (QED) is 0.0228. The second-order valence-corrected chi connectivity index (χ2v) is 18.5. The molecule has 0 saturated carbocycles. The molecule has 0 radical (unpaired) electrons. The molecule has 73 heavy (non-hydrogen) atoms. The van der Waals surface area contributed by atoms with Crippen molar-refractivity contribution in [2.75, 3.05) is 13.2 Å². The number of allylic oxidation sites excluding steroid dienone is 18. The number of aliphatic hydroxyl groups is 2. The minimum atomic E-state index is -1.93. The smallest absolute Gasteiger partial charge is 0.335 e. The van der Waals surface area contributed by atoms with Crippen LogP contribution in [-0.2, 0) is 42.9 Å². The summed E-state index contributed by atoms with van der Waals surface area (Å²) in [6.45, 7) is 5.67. The predicted molar refractivity (Wildman–Crippen MR) is 294 cm³/mol. The summed E-state index contributed by atoms with van der Waals surface area (Å²) in [7, 11) is 0. The van der Waals surface area contributed by atoms with Crippen molar-refractivity contribution < 1.29 is 58.2 Å². The third-order valence-electron chi connectivity index (χ3n) is 11.8. The summed E-state index contributed by atoms with van der Waals surface area (Å²) in [5.74, 6) is -3.25. The Morgan fingerprint density at radius 3 is 1.36 bits per heavy atom. The molecule has 1 aliphatic heterocycles. The van der Waals surface area contributed by atoms with Crippen LogP contribution in [0.4, 0.5) is 0 Å². The van der Waals surface area contributed by atoms with Crippen LogP contribution in [0.15, 0.2) is 109 Å². The highest BCUT2D eigenvalue weighted by atomic mass is 16.7.